The molecule has 7 nitrogen and oxygen atoms in total. The molecule has 0 fully saturated rings. The maximum Gasteiger partial charge on any atom is 0.322 e. The lowest BCUT2D eigenvalue weighted by molar-refractivity contribution is 0.100. The Bertz CT molecular complexity index is 912. The van der Waals surface area contributed by atoms with Crippen LogP contribution < -0.4 is 5.32 Å². The number of aromatic nitrogens is 3. The van der Waals surface area contributed by atoms with Gasteiger partial charge in [-0.3, -0.25) is 14.9 Å². The Labute approximate surface area is 141 Å². The Morgan fingerprint density at radius 1 is 1.08 bits per heavy atom. The Morgan fingerprint density at radius 3 is 2.33 bits per heavy atom. The number of aryl methyl sites for hydroxylation is 2. The minimum Gasteiger partial charge on any atom is -0.402 e. The van der Waals surface area contributed by atoms with Gasteiger partial charge in [0.25, 0.3) is 11.8 Å². The van der Waals surface area contributed by atoms with E-state index in [0.717, 1.165) is 15.6 Å². The molecule has 1 aromatic carbocycles. The summed E-state index contributed by atoms with van der Waals surface area (Å²) in [6.07, 6.45) is 0. The van der Waals surface area contributed by atoms with Crippen LogP contribution in [0, 0.1) is 13.8 Å². The van der Waals surface area contributed by atoms with Crippen molar-refractivity contribution in [2.24, 2.45) is 0 Å². The summed E-state index contributed by atoms with van der Waals surface area (Å²) in [7, 11) is 0. The summed E-state index contributed by atoms with van der Waals surface area (Å²) in [5.74, 6) is -0.128. The molecule has 0 aliphatic heterocycles. The van der Waals surface area contributed by atoms with Crippen molar-refractivity contribution in [2.45, 2.75) is 20.8 Å². The van der Waals surface area contributed by atoms with E-state index in [1.54, 1.807) is 24.3 Å². The van der Waals surface area contributed by atoms with Crippen molar-refractivity contribution >= 4 is 29.0 Å². The summed E-state index contributed by atoms with van der Waals surface area (Å²) in [5.41, 5.74) is 1.74. The van der Waals surface area contributed by atoms with Crippen LogP contribution in [0.5, 0.6) is 0 Å². The molecule has 122 valence electrons. The monoisotopic (exact) mass is 342 g/mol. The van der Waals surface area contributed by atoms with Gasteiger partial charge in [0.05, 0.1) is 10.7 Å². The minimum absolute atomic E-state index is 0.0103. The number of nitrogens with one attached hydrogen (secondary N) is 1. The number of rotatable bonds is 4. The van der Waals surface area contributed by atoms with E-state index in [0.29, 0.717) is 17.0 Å². The summed E-state index contributed by atoms with van der Waals surface area (Å²) in [6.45, 7) is 5.22. The maximum atomic E-state index is 12.2. The third-order valence-electron chi connectivity index (χ3n) is 3.30. The first-order valence-corrected chi connectivity index (χ1v) is 7.96. The number of anilines is 1. The van der Waals surface area contributed by atoms with E-state index in [1.165, 1.54) is 18.3 Å². The van der Waals surface area contributed by atoms with Crippen molar-refractivity contribution in [3.63, 3.8) is 0 Å². The third-order valence-corrected chi connectivity index (χ3v) is 4.36. The molecule has 0 saturated heterocycles. The maximum absolute atomic E-state index is 12.2. The molecular formula is C16H14N4O3S. The summed E-state index contributed by atoms with van der Waals surface area (Å²) in [4.78, 5) is 28.5. The molecule has 3 rings (SSSR count). The molecule has 1 amide bonds. The summed E-state index contributed by atoms with van der Waals surface area (Å²) >= 11 is 1.45. The first-order chi connectivity index (χ1) is 11.4. The summed E-state index contributed by atoms with van der Waals surface area (Å²) < 4.78 is 5.48. The highest BCUT2D eigenvalue weighted by Gasteiger charge is 2.16. The average Bonchev–Trinajstić information content (AvgIpc) is 3.13. The van der Waals surface area contributed by atoms with Gasteiger partial charge in [-0.05, 0) is 32.9 Å². The molecule has 0 radical (unpaired) electrons. The molecule has 2 aromatic heterocycles. The number of Topliss-reactive ketones (excluding diaryl/α,β-unsaturated/α-hetero) is 1. The summed E-state index contributed by atoms with van der Waals surface area (Å²) in [6, 6.07) is 6.34. The van der Waals surface area contributed by atoms with Gasteiger partial charge in [0, 0.05) is 11.1 Å². The molecule has 8 heteroatoms. The van der Waals surface area contributed by atoms with Crippen molar-refractivity contribution in [2.75, 3.05) is 5.32 Å². The Balaban J connectivity index is 1.75. The normalized spacial score (nSPS) is 10.6. The van der Waals surface area contributed by atoms with Crippen LogP contribution in [0.3, 0.4) is 0 Å². The van der Waals surface area contributed by atoms with Gasteiger partial charge in [0.2, 0.25) is 0 Å². The lowest BCUT2D eigenvalue weighted by Crippen LogP contribution is -2.12. The fraction of sp³-hybridized carbons (Fsp3) is 0.188. The van der Waals surface area contributed by atoms with Gasteiger partial charge in [-0.1, -0.05) is 17.2 Å². The van der Waals surface area contributed by atoms with Gasteiger partial charge in [-0.15, -0.1) is 16.4 Å². The van der Waals surface area contributed by atoms with Crippen LogP contribution in [-0.4, -0.2) is 26.9 Å². The van der Waals surface area contributed by atoms with Crippen molar-refractivity contribution < 1.29 is 14.0 Å². The number of thiazole rings is 1. The molecule has 0 spiro atoms. The smallest absolute Gasteiger partial charge is 0.322 e. The number of nitrogens with zero attached hydrogens (tertiary/aromatic N) is 3. The highest BCUT2D eigenvalue weighted by atomic mass is 32.1. The second kappa shape index (κ2) is 6.32. The van der Waals surface area contributed by atoms with Crippen molar-refractivity contribution in [3.8, 4) is 10.8 Å². The second-order valence-corrected chi connectivity index (χ2v) is 6.35. The van der Waals surface area contributed by atoms with Crippen LogP contribution in [0.15, 0.2) is 28.7 Å². The molecule has 3 aromatic rings. The second-order valence-electron chi connectivity index (χ2n) is 5.15. The standard InChI is InChI=1S/C16H14N4O3S/c1-8-13(24-10(3)17-8)15-19-20-16(23-15)18-14(22)12-6-4-11(5-7-12)9(2)21/h4-7H,1-3H3,(H,18,20,22). The van der Waals surface area contributed by atoms with Crippen molar-refractivity contribution in [1.29, 1.82) is 0 Å². The zero-order valence-electron chi connectivity index (χ0n) is 13.3. The van der Waals surface area contributed by atoms with Crippen LogP contribution in [0.1, 0.15) is 38.3 Å². The topological polar surface area (TPSA) is 98.0 Å². The molecule has 1 N–H and O–H groups in total. The van der Waals surface area contributed by atoms with Crippen LogP contribution in [0.2, 0.25) is 0 Å². The lowest BCUT2D eigenvalue weighted by atomic mass is 10.1. The zero-order valence-corrected chi connectivity index (χ0v) is 14.1. The average molecular weight is 342 g/mol. The highest BCUT2D eigenvalue weighted by molar-refractivity contribution is 7.15. The van der Waals surface area contributed by atoms with Crippen LogP contribution in [0.25, 0.3) is 10.8 Å². The van der Waals surface area contributed by atoms with Gasteiger partial charge in [0.15, 0.2) is 5.78 Å². The van der Waals surface area contributed by atoms with E-state index >= 15 is 0 Å². The highest BCUT2D eigenvalue weighted by Crippen LogP contribution is 2.29. The van der Waals surface area contributed by atoms with Crippen LogP contribution in [-0.2, 0) is 0 Å². The van der Waals surface area contributed by atoms with E-state index in [2.05, 4.69) is 20.5 Å². The Morgan fingerprint density at radius 2 is 1.75 bits per heavy atom. The third kappa shape index (κ3) is 3.23. The quantitative estimate of drug-likeness (QED) is 0.731. The van der Waals surface area contributed by atoms with Gasteiger partial charge >= 0.3 is 6.01 Å². The predicted molar refractivity (Wildman–Crippen MR) is 89.3 cm³/mol. The number of hydrogen-bond donors (Lipinski definition) is 1. The molecule has 0 atom stereocenters. The van der Waals surface area contributed by atoms with Crippen LogP contribution in [0.4, 0.5) is 6.01 Å². The molecule has 24 heavy (non-hydrogen) atoms. The summed E-state index contributed by atoms with van der Waals surface area (Å²) in [5, 5.41) is 11.2. The number of carbonyl (C=O) groups is 2. The first kappa shape index (κ1) is 16.0. The zero-order chi connectivity index (χ0) is 17.3. The van der Waals surface area contributed by atoms with Gasteiger partial charge in [-0.25, -0.2) is 4.98 Å². The molecule has 0 aliphatic carbocycles. The lowest BCUT2D eigenvalue weighted by Gasteiger charge is -2.01. The van der Waals surface area contributed by atoms with Gasteiger partial charge in [-0.2, -0.15) is 0 Å². The molecule has 0 unspecified atom stereocenters. The number of ketones is 1. The van der Waals surface area contributed by atoms with Crippen LogP contribution >= 0.6 is 11.3 Å². The predicted octanol–water partition coefficient (Wildman–Crippen LogP) is 3.26. The fourth-order valence-electron chi connectivity index (χ4n) is 2.12. The van der Waals surface area contributed by atoms with E-state index < -0.39 is 5.91 Å². The number of hydrogen-bond acceptors (Lipinski definition) is 7. The van der Waals surface area contributed by atoms with Gasteiger partial charge < -0.3 is 4.42 Å². The van der Waals surface area contributed by atoms with E-state index in [9.17, 15) is 9.59 Å². The number of carbonyl (C=O) groups excluding carboxylic acids is 2. The number of benzene rings is 1. The van der Waals surface area contributed by atoms with E-state index in [4.69, 9.17) is 4.42 Å². The minimum atomic E-state index is -0.391. The largest absolute Gasteiger partial charge is 0.402 e. The Kier molecular flexibility index (Phi) is 4.22. The SMILES string of the molecule is CC(=O)c1ccc(C(=O)Nc2nnc(-c3sc(C)nc3C)o2)cc1. The molecule has 0 aliphatic rings. The van der Waals surface area contributed by atoms with Crippen molar-refractivity contribution in [1.82, 2.24) is 15.2 Å². The fourth-order valence-corrected chi connectivity index (χ4v) is 2.96. The first-order valence-electron chi connectivity index (χ1n) is 7.14. The van der Waals surface area contributed by atoms with Crippen molar-refractivity contribution in [3.05, 3.63) is 46.1 Å². The molecule has 0 saturated carbocycles. The number of amides is 1. The Hall–Kier alpha value is -2.87. The molecule has 2 heterocycles. The van der Waals surface area contributed by atoms with Gasteiger partial charge in [0.1, 0.15) is 4.88 Å². The van der Waals surface area contributed by atoms with E-state index in [-0.39, 0.29) is 11.8 Å². The molecule has 0 bridgehead atoms. The van der Waals surface area contributed by atoms with E-state index in [1.807, 2.05) is 13.8 Å². The molecular weight excluding hydrogens is 328 g/mol.